The number of nitrogens with zero attached hydrogens (tertiary/aromatic N) is 2. The summed E-state index contributed by atoms with van der Waals surface area (Å²) in [6, 6.07) is 7.81. The lowest BCUT2D eigenvalue weighted by molar-refractivity contribution is 0.496. The van der Waals surface area contributed by atoms with E-state index >= 15 is 0 Å². The summed E-state index contributed by atoms with van der Waals surface area (Å²) in [5.41, 5.74) is 1.74. The molecule has 1 fully saturated rings. The van der Waals surface area contributed by atoms with Gasteiger partial charge in [-0.05, 0) is 47.0 Å². The van der Waals surface area contributed by atoms with E-state index in [2.05, 4.69) is 40.7 Å². The second-order valence-electron chi connectivity index (χ2n) is 5.14. The second-order valence-corrected chi connectivity index (χ2v) is 7.96. The number of hydrogen-bond acceptors (Lipinski definition) is 3. The number of hydrogen-bond donors (Lipinski definition) is 0. The van der Waals surface area contributed by atoms with Crippen molar-refractivity contribution < 1.29 is 4.21 Å². The molecule has 0 radical (unpaired) electrons. The Morgan fingerprint density at radius 1 is 1.45 bits per heavy atom. The maximum absolute atomic E-state index is 12.4. The first-order valence-corrected chi connectivity index (χ1v) is 9.00. The third kappa shape index (κ3) is 2.77. The third-order valence-electron chi connectivity index (χ3n) is 4.21. The van der Waals surface area contributed by atoms with Crippen LogP contribution in [0.15, 0.2) is 22.7 Å². The molecule has 0 spiro atoms. The van der Waals surface area contributed by atoms with Gasteiger partial charge < -0.3 is 4.90 Å². The van der Waals surface area contributed by atoms with Gasteiger partial charge in [0.25, 0.3) is 0 Å². The van der Waals surface area contributed by atoms with Gasteiger partial charge in [0.2, 0.25) is 0 Å². The van der Waals surface area contributed by atoms with Crippen LogP contribution in [0.25, 0.3) is 0 Å². The van der Waals surface area contributed by atoms with Crippen molar-refractivity contribution in [3.05, 3.63) is 28.2 Å². The summed E-state index contributed by atoms with van der Waals surface area (Å²) < 4.78 is 13.2. The molecule has 20 heavy (non-hydrogen) atoms. The van der Waals surface area contributed by atoms with Crippen LogP contribution in [-0.4, -0.2) is 27.8 Å². The first kappa shape index (κ1) is 15.5. The van der Waals surface area contributed by atoms with Gasteiger partial charge in [0.15, 0.2) is 0 Å². The minimum absolute atomic E-state index is 0.106. The first-order valence-electron chi connectivity index (χ1n) is 6.89. The van der Waals surface area contributed by atoms with E-state index < -0.39 is 10.8 Å². The number of anilines is 1. The fourth-order valence-electron chi connectivity index (χ4n) is 2.74. The van der Waals surface area contributed by atoms with Crippen LogP contribution in [-0.2, 0) is 10.8 Å². The van der Waals surface area contributed by atoms with Crippen molar-refractivity contribution >= 4 is 32.4 Å². The van der Waals surface area contributed by atoms with Gasteiger partial charge in [0.05, 0.1) is 22.1 Å². The molecule has 3 nitrogen and oxygen atoms in total. The van der Waals surface area contributed by atoms with E-state index in [0.717, 1.165) is 36.1 Å². The highest BCUT2D eigenvalue weighted by atomic mass is 79.9. The molecule has 2 rings (SSSR count). The maximum atomic E-state index is 12.4. The highest BCUT2D eigenvalue weighted by Crippen LogP contribution is 2.34. The minimum Gasteiger partial charge on any atom is -0.368 e. The molecule has 1 atom stereocenters. The van der Waals surface area contributed by atoms with Crippen molar-refractivity contribution in [1.29, 1.82) is 5.26 Å². The van der Waals surface area contributed by atoms with Crippen LogP contribution in [0.1, 0.15) is 32.3 Å². The fraction of sp³-hybridized carbons (Fsp3) is 0.533. The zero-order valence-electron chi connectivity index (χ0n) is 11.9. The predicted molar refractivity (Wildman–Crippen MR) is 87.4 cm³/mol. The molecule has 0 saturated carbocycles. The van der Waals surface area contributed by atoms with Gasteiger partial charge >= 0.3 is 0 Å². The normalized spacial score (nSPS) is 21.5. The molecule has 1 aromatic rings. The van der Waals surface area contributed by atoms with Crippen molar-refractivity contribution in [2.45, 2.75) is 31.4 Å². The van der Waals surface area contributed by atoms with Crippen molar-refractivity contribution in [3.63, 3.8) is 0 Å². The van der Waals surface area contributed by atoms with E-state index in [0.29, 0.717) is 11.3 Å². The van der Waals surface area contributed by atoms with Gasteiger partial charge in [-0.2, -0.15) is 5.26 Å². The monoisotopic (exact) mass is 354 g/mol. The molecule has 0 aromatic heterocycles. The van der Waals surface area contributed by atoms with E-state index in [-0.39, 0.29) is 4.75 Å². The van der Waals surface area contributed by atoms with Crippen molar-refractivity contribution in [1.82, 2.24) is 0 Å². The van der Waals surface area contributed by atoms with Crippen LogP contribution >= 0.6 is 15.9 Å². The van der Waals surface area contributed by atoms with E-state index in [1.807, 2.05) is 18.2 Å². The third-order valence-corrected chi connectivity index (χ3v) is 7.08. The minimum atomic E-state index is -0.753. The summed E-state index contributed by atoms with van der Waals surface area (Å²) in [6.45, 7) is 5.87. The summed E-state index contributed by atoms with van der Waals surface area (Å²) in [7, 11) is -0.753. The predicted octanol–water partition coefficient (Wildman–Crippen LogP) is 3.45. The SMILES string of the molecule is CCC1(CC)CN(c2ccc(C#N)cc2Br)CCS1=O. The van der Waals surface area contributed by atoms with Gasteiger partial charge in [0.1, 0.15) is 0 Å². The highest BCUT2D eigenvalue weighted by molar-refractivity contribution is 9.10. The smallest absolute Gasteiger partial charge is 0.0992 e. The Morgan fingerprint density at radius 2 is 2.15 bits per heavy atom. The standard InChI is InChI=1S/C15H19BrN2OS/c1-3-15(4-2)11-18(7-8-20(15)19)14-6-5-12(10-17)9-13(14)16/h5-6,9H,3-4,7-8,11H2,1-2H3. The molecule has 0 bridgehead atoms. The van der Waals surface area contributed by atoms with Gasteiger partial charge in [0, 0.05) is 34.1 Å². The molecule has 0 aliphatic carbocycles. The summed E-state index contributed by atoms with van der Waals surface area (Å²) in [5, 5.41) is 8.93. The summed E-state index contributed by atoms with van der Waals surface area (Å²) >= 11 is 3.55. The molecular formula is C15H19BrN2OS. The molecule has 1 aliphatic rings. The Labute approximate surface area is 131 Å². The van der Waals surface area contributed by atoms with Gasteiger partial charge in [-0.25, -0.2) is 0 Å². The average molecular weight is 355 g/mol. The average Bonchev–Trinajstić information content (AvgIpc) is 2.48. The van der Waals surface area contributed by atoms with E-state index in [1.165, 1.54) is 0 Å². The molecule has 0 amide bonds. The molecule has 1 unspecified atom stereocenters. The van der Waals surface area contributed by atoms with E-state index in [4.69, 9.17) is 5.26 Å². The molecule has 1 saturated heterocycles. The zero-order chi connectivity index (χ0) is 14.8. The Hall–Kier alpha value is -0.860. The zero-order valence-corrected chi connectivity index (χ0v) is 14.3. The number of nitriles is 1. The highest BCUT2D eigenvalue weighted by Gasteiger charge is 2.39. The lowest BCUT2D eigenvalue weighted by Gasteiger charge is -2.42. The second kappa shape index (κ2) is 6.28. The number of halogens is 1. The topological polar surface area (TPSA) is 44.1 Å². The molecule has 1 aliphatic heterocycles. The van der Waals surface area contributed by atoms with Gasteiger partial charge in [-0.3, -0.25) is 4.21 Å². The molecule has 0 N–H and O–H groups in total. The van der Waals surface area contributed by atoms with Crippen LogP contribution in [0.5, 0.6) is 0 Å². The molecular weight excluding hydrogens is 336 g/mol. The van der Waals surface area contributed by atoms with Crippen LogP contribution in [0, 0.1) is 11.3 Å². The molecule has 1 aromatic carbocycles. The van der Waals surface area contributed by atoms with Crippen molar-refractivity contribution in [3.8, 4) is 6.07 Å². The van der Waals surface area contributed by atoms with Crippen LogP contribution < -0.4 is 4.90 Å². The Kier molecular flexibility index (Phi) is 4.87. The van der Waals surface area contributed by atoms with Gasteiger partial charge in [-0.15, -0.1) is 0 Å². The first-order chi connectivity index (χ1) is 9.56. The number of rotatable bonds is 3. The summed E-state index contributed by atoms with van der Waals surface area (Å²) in [6.07, 6.45) is 1.86. The summed E-state index contributed by atoms with van der Waals surface area (Å²) in [4.78, 5) is 2.29. The molecule has 108 valence electrons. The van der Waals surface area contributed by atoms with E-state index in [9.17, 15) is 4.21 Å². The quantitative estimate of drug-likeness (QED) is 0.834. The van der Waals surface area contributed by atoms with Crippen LogP contribution in [0.4, 0.5) is 5.69 Å². The summed E-state index contributed by atoms with van der Waals surface area (Å²) in [5.74, 6) is 0.716. The lowest BCUT2D eigenvalue weighted by Crippen LogP contribution is -2.53. The largest absolute Gasteiger partial charge is 0.368 e. The Balaban J connectivity index is 2.31. The fourth-order valence-corrected chi connectivity index (χ4v) is 5.14. The molecule has 1 heterocycles. The lowest BCUT2D eigenvalue weighted by atomic mass is 10.0. The van der Waals surface area contributed by atoms with Crippen LogP contribution in [0.2, 0.25) is 0 Å². The Bertz CT molecular complexity index is 563. The Morgan fingerprint density at radius 3 is 2.70 bits per heavy atom. The maximum Gasteiger partial charge on any atom is 0.0992 e. The molecule has 5 heteroatoms. The van der Waals surface area contributed by atoms with Gasteiger partial charge in [-0.1, -0.05) is 13.8 Å². The van der Waals surface area contributed by atoms with Crippen LogP contribution in [0.3, 0.4) is 0 Å². The number of benzene rings is 1. The van der Waals surface area contributed by atoms with Crippen molar-refractivity contribution in [2.24, 2.45) is 0 Å². The van der Waals surface area contributed by atoms with Crippen molar-refractivity contribution in [2.75, 3.05) is 23.7 Å². The van der Waals surface area contributed by atoms with E-state index in [1.54, 1.807) is 0 Å².